The largest absolute Gasteiger partial charge is 0.493 e. The highest BCUT2D eigenvalue weighted by molar-refractivity contribution is 5.64. The number of ether oxygens (including phenoxy) is 2. The Morgan fingerprint density at radius 2 is 1.75 bits per heavy atom. The Labute approximate surface area is 117 Å². The molecule has 0 amide bonds. The molecule has 0 unspecified atom stereocenters. The quantitative estimate of drug-likeness (QED) is 0.684. The van der Waals surface area contributed by atoms with Crippen LogP contribution in [0, 0.1) is 0 Å². The van der Waals surface area contributed by atoms with Crippen molar-refractivity contribution in [3.63, 3.8) is 0 Å². The van der Waals surface area contributed by atoms with E-state index >= 15 is 0 Å². The number of fused-ring (bicyclic) bond motifs is 1. The standard InChI is InChI=1S/C16H15N2O2/c1-19-14-7-6-12(11-15(14)20-2)13-8-10-18-9-4-3-5-16(18)17-13/h3-11H,1-2H3/q+1. The lowest BCUT2D eigenvalue weighted by atomic mass is 10.1. The number of pyridine rings is 1. The van der Waals surface area contributed by atoms with E-state index in [0.29, 0.717) is 11.5 Å². The van der Waals surface area contributed by atoms with Gasteiger partial charge in [-0.05, 0) is 29.2 Å². The predicted octanol–water partition coefficient (Wildman–Crippen LogP) is 2.50. The van der Waals surface area contributed by atoms with E-state index in [4.69, 9.17) is 9.47 Å². The number of rotatable bonds is 3. The fourth-order valence-corrected chi connectivity index (χ4v) is 2.14. The van der Waals surface area contributed by atoms with Gasteiger partial charge in [-0.3, -0.25) is 0 Å². The monoisotopic (exact) mass is 267 g/mol. The molecule has 100 valence electrons. The minimum absolute atomic E-state index is 0.701. The average Bonchev–Trinajstić information content (AvgIpc) is 2.53. The van der Waals surface area contributed by atoms with Crippen LogP contribution >= 0.6 is 0 Å². The first kappa shape index (κ1) is 12.4. The van der Waals surface area contributed by atoms with E-state index in [1.807, 2.05) is 59.3 Å². The van der Waals surface area contributed by atoms with Gasteiger partial charge < -0.3 is 9.47 Å². The summed E-state index contributed by atoms with van der Waals surface area (Å²) in [6.45, 7) is 0. The maximum atomic E-state index is 5.33. The number of methoxy groups -OCH3 is 2. The van der Waals surface area contributed by atoms with Crippen LogP contribution in [0.2, 0.25) is 0 Å². The van der Waals surface area contributed by atoms with Crippen LogP contribution in [0.15, 0.2) is 54.9 Å². The van der Waals surface area contributed by atoms with Crippen molar-refractivity contribution in [2.45, 2.75) is 0 Å². The summed E-state index contributed by atoms with van der Waals surface area (Å²) in [5.74, 6) is 1.42. The molecule has 2 aromatic heterocycles. The molecule has 0 aliphatic carbocycles. The molecule has 0 aliphatic heterocycles. The summed E-state index contributed by atoms with van der Waals surface area (Å²) < 4.78 is 12.6. The van der Waals surface area contributed by atoms with Crippen LogP contribution in [0.1, 0.15) is 0 Å². The lowest BCUT2D eigenvalue weighted by Crippen LogP contribution is -2.21. The molecule has 0 fully saturated rings. The molecule has 0 radical (unpaired) electrons. The van der Waals surface area contributed by atoms with Gasteiger partial charge in [0.05, 0.1) is 20.4 Å². The summed E-state index contributed by atoms with van der Waals surface area (Å²) in [6.07, 6.45) is 3.97. The van der Waals surface area contributed by atoms with E-state index in [1.165, 1.54) is 0 Å². The topological polar surface area (TPSA) is 35.5 Å². The lowest BCUT2D eigenvalue weighted by molar-refractivity contribution is -0.514. The van der Waals surface area contributed by atoms with Crippen molar-refractivity contribution < 1.29 is 13.9 Å². The van der Waals surface area contributed by atoms with Crippen LogP contribution in [0.3, 0.4) is 0 Å². The molecule has 0 spiro atoms. The van der Waals surface area contributed by atoms with Crippen molar-refractivity contribution in [3.05, 3.63) is 54.9 Å². The summed E-state index contributed by atoms with van der Waals surface area (Å²) in [6, 6.07) is 13.7. The van der Waals surface area contributed by atoms with E-state index in [0.717, 1.165) is 16.9 Å². The van der Waals surface area contributed by atoms with Crippen molar-refractivity contribution in [2.75, 3.05) is 14.2 Å². The van der Waals surface area contributed by atoms with Gasteiger partial charge in [0.1, 0.15) is 6.20 Å². The molecule has 0 saturated carbocycles. The second-order valence-corrected chi connectivity index (χ2v) is 4.35. The Bertz CT molecular complexity index is 756. The zero-order chi connectivity index (χ0) is 13.9. The highest BCUT2D eigenvalue weighted by atomic mass is 16.5. The van der Waals surface area contributed by atoms with Gasteiger partial charge in [0.15, 0.2) is 17.2 Å². The molecule has 0 atom stereocenters. The van der Waals surface area contributed by atoms with Crippen molar-refractivity contribution in [1.82, 2.24) is 4.98 Å². The van der Waals surface area contributed by atoms with Crippen LogP contribution in [-0.2, 0) is 0 Å². The molecule has 0 aliphatic rings. The van der Waals surface area contributed by atoms with Gasteiger partial charge in [-0.1, -0.05) is 6.07 Å². The minimum Gasteiger partial charge on any atom is -0.493 e. The van der Waals surface area contributed by atoms with Crippen LogP contribution in [0.5, 0.6) is 11.5 Å². The first-order chi connectivity index (χ1) is 9.81. The SMILES string of the molecule is COc1ccc(-c2cc[n+]3ccccc3n2)cc1OC. The Balaban J connectivity index is 2.10. The van der Waals surface area contributed by atoms with Crippen molar-refractivity contribution >= 4 is 5.65 Å². The molecular formula is C16H15N2O2+. The van der Waals surface area contributed by atoms with Crippen LogP contribution in [0.4, 0.5) is 0 Å². The molecule has 20 heavy (non-hydrogen) atoms. The summed E-state index contributed by atoms with van der Waals surface area (Å²) in [5, 5.41) is 0. The van der Waals surface area contributed by atoms with E-state index < -0.39 is 0 Å². The second-order valence-electron chi connectivity index (χ2n) is 4.35. The van der Waals surface area contributed by atoms with Crippen molar-refractivity contribution in [3.8, 4) is 22.8 Å². The van der Waals surface area contributed by atoms with E-state index in [9.17, 15) is 0 Å². The predicted molar refractivity (Wildman–Crippen MR) is 75.9 cm³/mol. The van der Waals surface area contributed by atoms with Gasteiger partial charge in [0.2, 0.25) is 0 Å². The summed E-state index contributed by atoms with van der Waals surface area (Å²) >= 11 is 0. The fraction of sp³-hybridized carbons (Fsp3) is 0.125. The molecule has 0 bridgehead atoms. The van der Waals surface area contributed by atoms with Gasteiger partial charge in [-0.15, -0.1) is 0 Å². The maximum Gasteiger partial charge on any atom is 0.328 e. The third-order valence-corrected chi connectivity index (χ3v) is 3.17. The Hall–Kier alpha value is -2.62. The van der Waals surface area contributed by atoms with Crippen LogP contribution < -0.4 is 13.9 Å². The molecule has 0 N–H and O–H groups in total. The second kappa shape index (κ2) is 5.17. The third kappa shape index (κ3) is 2.16. The van der Waals surface area contributed by atoms with Gasteiger partial charge in [0.25, 0.3) is 0 Å². The molecule has 0 saturated heterocycles. The number of nitrogens with zero attached hydrogens (tertiary/aromatic N) is 2. The molecule has 4 nitrogen and oxygen atoms in total. The van der Waals surface area contributed by atoms with Crippen molar-refractivity contribution in [1.29, 1.82) is 0 Å². The molecule has 2 heterocycles. The number of hydrogen-bond donors (Lipinski definition) is 0. The van der Waals surface area contributed by atoms with Crippen LogP contribution in [-0.4, -0.2) is 19.2 Å². The maximum absolute atomic E-state index is 5.33. The van der Waals surface area contributed by atoms with Gasteiger partial charge in [-0.25, -0.2) is 4.40 Å². The minimum atomic E-state index is 0.701. The average molecular weight is 267 g/mol. The zero-order valence-electron chi connectivity index (χ0n) is 11.4. The summed E-state index contributed by atoms with van der Waals surface area (Å²) in [5.41, 5.74) is 2.80. The highest BCUT2D eigenvalue weighted by Gasteiger charge is 2.12. The lowest BCUT2D eigenvalue weighted by Gasteiger charge is -2.07. The summed E-state index contributed by atoms with van der Waals surface area (Å²) in [7, 11) is 3.26. The third-order valence-electron chi connectivity index (χ3n) is 3.17. The number of hydrogen-bond acceptors (Lipinski definition) is 3. The Morgan fingerprint density at radius 1 is 0.900 bits per heavy atom. The molecule has 3 aromatic rings. The molecule has 4 heteroatoms. The van der Waals surface area contributed by atoms with E-state index in [-0.39, 0.29) is 0 Å². The molecule has 3 rings (SSSR count). The Morgan fingerprint density at radius 3 is 2.55 bits per heavy atom. The number of aromatic nitrogens is 2. The summed E-state index contributed by atoms with van der Waals surface area (Å²) in [4.78, 5) is 4.64. The van der Waals surface area contributed by atoms with E-state index in [1.54, 1.807) is 14.2 Å². The van der Waals surface area contributed by atoms with Gasteiger partial charge >= 0.3 is 5.65 Å². The van der Waals surface area contributed by atoms with Crippen molar-refractivity contribution in [2.24, 2.45) is 0 Å². The first-order valence-corrected chi connectivity index (χ1v) is 6.31. The zero-order valence-corrected chi connectivity index (χ0v) is 11.4. The fourth-order valence-electron chi connectivity index (χ4n) is 2.14. The van der Waals surface area contributed by atoms with E-state index in [2.05, 4.69) is 4.98 Å². The smallest absolute Gasteiger partial charge is 0.328 e. The molecular weight excluding hydrogens is 252 g/mol. The van der Waals surface area contributed by atoms with Crippen LogP contribution in [0.25, 0.3) is 16.9 Å². The number of benzene rings is 1. The molecule has 1 aromatic carbocycles. The first-order valence-electron chi connectivity index (χ1n) is 6.31. The normalized spacial score (nSPS) is 10.5. The van der Waals surface area contributed by atoms with Gasteiger partial charge in [0, 0.05) is 17.7 Å². The highest BCUT2D eigenvalue weighted by Crippen LogP contribution is 2.31. The Kier molecular flexibility index (Phi) is 3.21. The van der Waals surface area contributed by atoms with Gasteiger partial charge in [-0.2, -0.15) is 0 Å².